The van der Waals surface area contributed by atoms with Crippen molar-refractivity contribution < 1.29 is 4.79 Å². The highest BCUT2D eigenvalue weighted by Crippen LogP contribution is 2.18. The second-order valence-corrected chi connectivity index (χ2v) is 3.21. The van der Waals surface area contributed by atoms with Crippen LogP contribution < -0.4 is 15.6 Å². The van der Waals surface area contributed by atoms with Crippen LogP contribution in [0.25, 0.3) is 0 Å². The lowest BCUT2D eigenvalue weighted by molar-refractivity contribution is 0.267. The molecule has 0 saturated carbocycles. The Morgan fingerprint density at radius 3 is 2.54 bits per heavy atom. The Labute approximate surface area is 81.2 Å². The number of hydrogen-bond donors (Lipinski definition) is 2. The zero-order valence-corrected chi connectivity index (χ0v) is 8.04. The standard InChI is InChI=1S/C8H11N3OS/c1-10-11(13-8(9)12)7-5-3-2-4-6-7/h2-6,10H,1H3,(H2,9,12). The van der Waals surface area contributed by atoms with Gasteiger partial charge in [0.2, 0.25) is 0 Å². The summed E-state index contributed by atoms with van der Waals surface area (Å²) in [6.45, 7) is 0. The molecule has 0 saturated heterocycles. The molecule has 0 aromatic heterocycles. The number of para-hydroxylation sites is 1. The maximum atomic E-state index is 10.6. The summed E-state index contributed by atoms with van der Waals surface area (Å²) in [5, 5.41) is -0.446. The van der Waals surface area contributed by atoms with E-state index in [0.29, 0.717) is 0 Å². The summed E-state index contributed by atoms with van der Waals surface area (Å²) in [6.07, 6.45) is 0. The average molecular weight is 197 g/mol. The molecule has 0 unspecified atom stereocenters. The predicted molar refractivity (Wildman–Crippen MR) is 55.2 cm³/mol. The first-order chi connectivity index (χ1) is 6.24. The SMILES string of the molecule is CNN(SC(N)=O)c1ccccc1. The third-order valence-corrected chi connectivity index (χ3v) is 2.13. The third kappa shape index (κ3) is 2.96. The van der Waals surface area contributed by atoms with Gasteiger partial charge in [0.15, 0.2) is 0 Å². The van der Waals surface area contributed by atoms with Crippen LogP contribution in [0.4, 0.5) is 10.5 Å². The number of hydrazine groups is 1. The first kappa shape index (κ1) is 9.88. The molecule has 0 aliphatic heterocycles. The highest BCUT2D eigenvalue weighted by Gasteiger charge is 2.07. The number of nitrogens with two attached hydrogens (primary N) is 1. The number of hydrogen-bond acceptors (Lipinski definition) is 4. The highest BCUT2D eigenvalue weighted by molar-refractivity contribution is 8.14. The minimum atomic E-state index is -0.446. The van der Waals surface area contributed by atoms with Crippen LogP contribution in [-0.2, 0) is 0 Å². The van der Waals surface area contributed by atoms with Crippen molar-refractivity contribution in [1.82, 2.24) is 5.43 Å². The molecule has 0 heterocycles. The van der Waals surface area contributed by atoms with Gasteiger partial charge in [-0.1, -0.05) is 18.2 Å². The number of nitrogens with one attached hydrogen (secondary N) is 1. The van der Waals surface area contributed by atoms with Crippen molar-refractivity contribution in [2.75, 3.05) is 11.5 Å². The van der Waals surface area contributed by atoms with Gasteiger partial charge in [0.05, 0.1) is 17.6 Å². The van der Waals surface area contributed by atoms with E-state index in [2.05, 4.69) is 5.43 Å². The molecule has 1 rings (SSSR count). The van der Waals surface area contributed by atoms with Crippen LogP contribution >= 0.6 is 11.9 Å². The number of primary amides is 1. The van der Waals surface area contributed by atoms with Gasteiger partial charge >= 0.3 is 0 Å². The van der Waals surface area contributed by atoms with Crippen molar-refractivity contribution in [3.63, 3.8) is 0 Å². The van der Waals surface area contributed by atoms with E-state index in [4.69, 9.17) is 5.73 Å². The number of anilines is 1. The van der Waals surface area contributed by atoms with Crippen molar-refractivity contribution >= 4 is 22.9 Å². The van der Waals surface area contributed by atoms with Crippen molar-refractivity contribution in [3.05, 3.63) is 30.3 Å². The van der Waals surface area contributed by atoms with Crippen LogP contribution in [0.1, 0.15) is 0 Å². The van der Waals surface area contributed by atoms with E-state index in [9.17, 15) is 4.79 Å². The van der Waals surface area contributed by atoms with Gasteiger partial charge in [-0.25, -0.2) is 9.84 Å². The number of rotatable bonds is 3. The topological polar surface area (TPSA) is 58.4 Å². The molecule has 13 heavy (non-hydrogen) atoms. The smallest absolute Gasteiger partial charge is 0.298 e. The molecular weight excluding hydrogens is 186 g/mol. The molecule has 1 aromatic carbocycles. The Bertz CT molecular complexity index is 278. The van der Waals surface area contributed by atoms with Crippen molar-refractivity contribution in [1.29, 1.82) is 0 Å². The Kier molecular flexibility index (Phi) is 3.60. The Hall–Kier alpha value is -1.20. The summed E-state index contributed by atoms with van der Waals surface area (Å²) in [5.41, 5.74) is 8.78. The molecule has 0 aliphatic carbocycles. The number of amides is 1. The molecule has 70 valence electrons. The second kappa shape index (κ2) is 4.74. The summed E-state index contributed by atoms with van der Waals surface area (Å²) >= 11 is 0.914. The summed E-state index contributed by atoms with van der Waals surface area (Å²) in [5.74, 6) is 0. The van der Waals surface area contributed by atoms with Crippen LogP contribution in [0.2, 0.25) is 0 Å². The van der Waals surface area contributed by atoms with Crippen LogP contribution in [-0.4, -0.2) is 12.3 Å². The quantitative estimate of drug-likeness (QED) is 0.567. The zero-order chi connectivity index (χ0) is 9.68. The lowest BCUT2D eigenvalue weighted by Gasteiger charge is -2.19. The van der Waals surface area contributed by atoms with Crippen LogP contribution in [0.5, 0.6) is 0 Å². The molecule has 5 heteroatoms. The minimum Gasteiger partial charge on any atom is -0.359 e. The van der Waals surface area contributed by atoms with Crippen molar-refractivity contribution in [3.8, 4) is 0 Å². The minimum absolute atomic E-state index is 0.446. The largest absolute Gasteiger partial charge is 0.359 e. The van der Waals surface area contributed by atoms with Gasteiger partial charge in [0, 0.05) is 7.05 Å². The fourth-order valence-electron chi connectivity index (χ4n) is 0.881. The van der Waals surface area contributed by atoms with E-state index in [0.717, 1.165) is 17.6 Å². The lowest BCUT2D eigenvalue weighted by Crippen LogP contribution is -2.30. The lowest BCUT2D eigenvalue weighted by atomic mass is 10.3. The molecule has 0 aliphatic rings. The van der Waals surface area contributed by atoms with Gasteiger partial charge in [0.1, 0.15) is 0 Å². The molecule has 1 aromatic rings. The van der Waals surface area contributed by atoms with Crippen molar-refractivity contribution in [2.45, 2.75) is 0 Å². The van der Waals surface area contributed by atoms with E-state index < -0.39 is 5.24 Å². The first-order valence-corrected chi connectivity index (χ1v) is 4.51. The van der Waals surface area contributed by atoms with Crippen LogP contribution in [0, 0.1) is 0 Å². The fourth-order valence-corrected chi connectivity index (χ4v) is 1.38. The van der Waals surface area contributed by atoms with E-state index in [1.165, 1.54) is 0 Å². The fraction of sp³-hybridized carbons (Fsp3) is 0.125. The summed E-state index contributed by atoms with van der Waals surface area (Å²) < 4.78 is 1.60. The van der Waals surface area contributed by atoms with Crippen LogP contribution in [0.3, 0.4) is 0 Å². The Morgan fingerprint density at radius 1 is 1.46 bits per heavy atom. The van der Waals surface area contributed by atoms with Gasteiger partial charge in [-0.15, -0.1) is 0 Å². The maximum Gasteiger partial charge on any atom is 0.298 e. The number of nitrogens with zero attached hydrogens (tertiary/aromatic N) is 1. The molecule has 0 bridgehead atoms. The predicted octanol–water partition coefficient (Wildman–Crippen LogP) is 1.35. The summed E-state index contributed by atoms with van der Waals surface area (Å²) in [4.78, 5) is 10.6. The van der Waals surface area contributed by atoms with Crippen LogP contribution in [0.15, 0.2) is 30.3 Å². The molecule has 1 amide bonds. The van der Waals surface area contributed by atoms with Gasteiger partial charge in [-0.05, 0) is 12.1 Å². The van der Waals surface area contributed by atoms with E-state index in [1.54, 1.807) is 11.5 Å². The van der Waals surface area contributed by atoms with E-state index >= 15 is 0 Å². The molecule has 4 nitrogen and oxygen atoms in total. The normalized spacial score (nSPS) is 9.62. The van der Waals surface area contributed by atoms with Gasteiger partial charge in [0.25, 0.3) is 5.24 Å². The zero-order valence-electron chi connectivity index (χ0n) is 7.23. The molecule has 0 radical (unpaired) electrons. The molecule has 0 atom stereocenters. The molecule has 3 N–H and O–H groups in total. The van der Waals surface area contributed by atoms with Gasteiger partial charge in [-0.2, -0.15) is 0 Å². The highest BCUT2D eigenvalue weighted by atomic mass is 32.2. The van der Waals surface area contributed by atoms with E-state index in [-0.39, 0.29) is 0 Å². The van der Waals surface area contributed by atoms with Gasteiger partial charge < -0.3 is 5.73 Å². The Morgan fingerprint density at radius 2 is 2.08 bits per heavy atom. The first-order valence-electron chi connectivity index (χ1n) is 3.74. The third-order valence-electron chi connectivity index (χ3n) is 1.38. The molecule has 0 fully saturated rings. The van der Waals surface area contributed by atoms with E-state index in [1.807, 2.05) is 30.3 Å². The van der Waals surface area contributed by atoms with Gasteiger partial charge in [-0.3, -0.25) is 4.79 Å². The van der Waals surface area contributed by atoms with Crippen molar-refractivity contribution in [2.24, 2.45) is 5.73 Å². The number of carbonyl (C=O) groups is 1. The number of carbonyl (C=O) groups excluding carboxylic acids is 1. The summed E-state index contributed by atoms with van der Waals surface area (Å²) in [7, 11) is 1.73. The average Bonchev–Trinajstić information content (AvgIpc) is 2.15. The Balaban J connectivity index is 2.73. The number of benzene rings is 1. The maximum absolute atomic E-state index is 10.6. The monoisotopic (exact) mass is 197 g/mol. The molecular formula is C8H11N3OS. The summed E-state index contributed by atoms with van der Waals surface area (Å²) in [6, 6.07) is 9.45. The molecule has 0 spiro atoms. The second-order valence-electron chi connectivity index (χ2n) is 2.26.